The summed E-state index contributed by atoms with van der Waals surface area (Å²) < 4.78 is 5.03. The number of hydrogen-bond acceptors (Lipinski definition) is 6. The number of nitrogens with zero attached hydrogens (tertiary/aromatic N) is 4. The van der Waals surface area contributed by atoms with Crippen LogP contribution in [0.1, 0.15) is 33.5 Å². The van der Waals surface area contributed by atoms with Crippen LogP contribution < -0.4 is 0 Å². The predicted molar refractivity (Wildman–Crippen MR) is 89.7 cm³/mol. The van der Waals surface area contributed by atoms with Gasteiger partial charge in [-0.2, -0.15) is 5.26 Å². The summed E-state index contributed by atoms with van der Waals surface area (Å²) >= 11 is 0. The number of carbonyl (C=O) groups excluding carboxylic acids is 1. The van der Waals surface area contributed by atoms with Gasteiger partial charge in [0.15, 0.2) is 0 Å². The standard InChI is InChI=1S/C18H20N4O3/c1-13-10-17(25-20-13)18(24)22-8-6-21(7-9-22)12-16(23)15-4-2-14(11-19)3-5-15/h2-5,10,16,23H,6-9,12H2,1H3. The third-order valence-corrected chi connectivity index (χ3v) is 4.35. The lowest BCUT2D eigenvalue weighted by Gasteiger charge is -2.35. The minimum Gasteiger partial charge on any atom is -0.387 e. The number of benzene rings is 1. The molecule has 0 spiro atoms. The van der Waals surface area contributed by atoms with E-state index in [1.807, 2.05) is 0 Å². The molecule has 1 aliphatic rings. The van der Waals surface area contributed by atoms with Crippen LogP contribution >= 0.6 is 0 Å². The molecular weight excluding hydrogens is 320 g/mol. The van der Waals surface area contributed by atoms with Gasteiger partial charge in [-0.25, -0.2) is 0 Å². The van der Waals surface area contributed by atoms with Crippen LogP contribution in [0.3, 0.4) is 0 Å². The SMILES string of the molecule is Cc1cc(C(=O)N2CCN(CC(O)c3ccc(C#N)cc3)CC2)on1. The summed E-state index contributed by atoms with van der Waals surface area (Å²) in [6.45, 7) is 4.81. The fourth-order valence-electron chi connectivity index (χ4n) is 2.88. The number of carbonyl (C=O) groups is 1. The second-order valence-electron chi connectivity index (χ2n) is 6.17. The van der Waals surface area contributed by atoms with Crippen molar-refractivity contribution in [3.05, 3.63) is 52.9 Å². The lowest BCUT2D eigenvalue weighted by Crippen LogP contribution is -2.49. The van der Waals surface area contributed by atoms with Crippen molar-refractivity contribution in [1.82, 2.24) is 15.0 Å². The molecular formula is C18H20N4O3. The van der Waals surface area contributed by atoms with Gasteiger partial charge >= 0.3 is 0 Å². The van der Waals surface area contributed by atoms with Gasteiger partial charge in [0, 0.05) is 38.8 Å². The van der Waals surface area contributed by atoms with E-state index >= 15 is 0 Å². The number of amides is 1. The quantitative estimate of drug-likeness (QED) is 0.903. The number of aryl methyl sites for hydroxylation is 1. The minimum absolute atomic E-state index is 0.145. The summed E-state index contributed by atoms with van der Waals surface area (Å²) in [5, 5.41) is 22.9. The van der Waals surface area contributed by atoms with Gasteiger partial charge in [-0.15, -0.1) is 0 Å². The van der Waals surface area contributed by atoms with E-state index in [0.717, 1.165) is 5.56 Å². The molecule has 1 N–H and O–H groups in total. The summed E-state index contributed by atoms with van der Waals surface area (Å²) in [7, 11) is 0. The number of aliphatic hydroxyl groups excluding tert-OH is 1. The molecule has 0 aliphatic carbocycles. The summed E-state index contributed by atoms with van der Waals surface area (Å²) in [5.74, 6) is 0.122. The average molecular weight is 340 g/mol. The van der Waals surface area contributed by atoms with Crippen LogP contribution in [0, 0.1) is 18.3 Å². The van der Waals surface area contributed by atoms with Gasteiger partial charge in [-0.05, 0) is 24.6 Å². The first kappa shape index (κ1) is 17.1. The first-order chi connectivity index (χ1) is 12.1. The lowest BCUT2D eigenvalue weighted by molar-refractivity contribution is 0.0496. The Hall–Kier alpha value is -2.69. The molecule has 25 heavy (non-hydrogen) atoms. The monoisotopic (exact) mass is 340 g/mol. The van der Waals surface area contributed by atoms with Crippen LogP contribution in [0.4, 0.5) is 0 Å². The molecule has 2 aromatic rings. The van der Waals surface area contributed by atoms with Gasteiger partial charge in [0.2, 0.25) is 5.76 Å². The second kappa shape index (κ2) is 7.47. The second-order valence-corrected chi connectivity index (χ2v) is 6.17. The van der Waals surface area contributed by atoms with Gasteiger partial charge in [-0.3, -0.25) is 9.69 Å². The van der Waals surface area contributed by atoms with Gasteiger partial charge in [0.05, 0.1) is 23.4 Å². The largest absolute Gasteiger partial charge is 0.387 e. The Morgan fingerprint density at radius 3 is 2.56 bits per heavy atom. The minimum atomic E-state index is -0.619. The zero-order valence-corrected chi connectivity index (χ0v) is 14.1. The molecule has 0 radical (unpaired) electrons. The molecule has 0 saturated carbocycles. The maximum Gasteiger partial charge on any atom is 0.292 e. The summed E-state index contributed by atoms with van der Waals surface area (Å²) in [6.07, 6.45) is -0.619. The number of piperazine rings is 1. The number of hydrogen-bond donors (Lipinski definition) is 1. The maximum absolute atomic E-state index is 12.3. The van der Waals surface area contributed by atoms with E-state index in [0.29, 0.717) is 44.0 Å². The zero-order valence-electron chi connectivity index (χ0n) is 14.1. The summed E-state index contributed by atoms with van der Waals surface area (Å²) in [6, 6.07) is 10.7. The first-order valence-corrected chi connectivity index (χ1v) is 8.20. The molecule has 130 valence electrons. The van der Waals surface area contributed by atoms with E-state index in [1.165, 1.54) is 0 Å². The highest BCUT2D eigenvalue weighted by atomic mass is 16.5. The fourth-order valence-corrected chi connectivity index (χ4v) is 2.88. The number of rotatable bonds is 4. The molecule has 1 aliphatic heterocycles. The summed E-state index contributed by atoms with van der Waals surface area (Å²) in [4.78, 5) is 16.2. The smallest absolute Gasteiger partial charge is 0.292 e. The third kappa shape index (κ3) is 4.05. The molecule has 0 bridgehead atoms. The Balaban J connectivity index is 1.52. The van der Waals surface area contributed by atoms with E-state index < -0.39 is 6.10 Å². The highest BCUT2D eigenvalue weighted by Gasteiger charge is 2.25. The molecule has 1 amide bonds. The molecule has 1 atom stereocenters. The molecule has 1 aromatic heterocycles. The van der Waals surface area contributed by atoms with Crippen LogP contribution in [0.25, 0.3) is 0 Å². The van der Waals surface area contributed by atoms with E-state index in [-0.39, 0.29) is 11.7 Å². The van der Waals surface area contributed by atoms with Crippen molar-refractivity contribution >= 4 is 5.91 Å². The summed E-state index contributed by atoms with van der Waals surface area (Å²) in [5.41, 5.74) is 2.05. The molecule has 1 aromatic carbocycles. The van der Waals surface area contributed by atoms with Crippen molar-refractivity contribution in [2.75, 3.05) is 32.7 Å². The van der Waals surface area contributed by atoms with Crippen LogP contribution in [0.5, 0.6) is 0 Å². The molecule has 7 nitrogen and oxygen atoms in total. The van der Waals surface area contributed by atoms with Crippen molar-refractivity contribution in [2.45, 2.75) is 13.0 Å². The Kier molecular flexibility index (Phi) is 5.12. The molecule has 7 heteroatoms. The highest BCUT2D eigenvalue weighted by molar-refractivity contribution is 5.91. The van der Waals surface area contributed by atoms with Gasteiger partial charge in [0.25, 0.3) is 5.91 Å². The third-order valence-electron chi connectivity index (χ3n) is 4.35. The fraction of sp³-hybridized carbons (Fsp3) is 0.389. The van der Waals surface area contributed by atoms with Crippen LogP contribution in [0.15, 0.2) is 34.9 Å². The van der Waals surface area contributed by atoms with Crippen LogP contribution in [0.2, 0.25) is 0 Å². The van der Waals surface area contributed by atoms with Gasteiger partial charge in [0.1, 0.15) is 0 Å². The molecule has 3 rings (SSSR count). The van der Waals surface area contributed by atoms with E-state index in [4.69, 9.17) is 9.78 Å². The Morgan fingerprint density at radius 2 is 2.00 bits per heavy atom. The molecule has 1 unspecified atom stereocenters. The van der Waals surface area contributed by atoms with E-state index in [2.05, 4.69) is 16.1 Å². The maximum atomic E-state index is 12.3. The topological polar surface area (TPSA) is 93.6 Å². The normalized spacial score (nSPS) is 16.4. The van der Waals surface area contributed by atoms with E-state index in [1.54, 1.807) is 42.2 Å². The molecule has 1 saturated heterocycles. The van der Waals surface area contributed by atoms with Crippen molar-refractivity contribution in [3.8, 4) is 6.07 Å². The first-order valence-electron chi connectivity index (χ1n) is 8.20. The predicted octanol–water partition coefficient (Wildman–Crippen LogP) is 1.35. The van der Waals surface area contributed by atoms with Crippen molar-refractivity contribution in [2.24, 2.45) is 0 Å². The van der Waals surface area contributed by atoms with Crippen LogP contribution in [-0.2, 0) is 0 Å². The van der Waals surface area contributed by atoms with Crippen molar-refractivity contribution < 1.29 is 14.4 Å². The number of aliphatic hydroxyl groups is 1. The van der Waals surface area contributed by atoms with E-state index in [9.17, 15) is 9.90 Å². The number of aromatic nitrogens is 1. The Morgan fingerprint density at radius 1 is 1.32 bits per heavy atom. The Bertz CT molecular complexity index is 770. The number of β-amino-alcohol motifs (C(OH)–C–C–N with tert-alkyl or cyclic N) is 1. The lowest BCUT2D eigenvalue weighted by atomic mass is 10.1. The number of nitriles is 1. The Labute approximate surface area is 146 Å². The van der Waals surface area contributed by atoms with Gasteiger partial charge < -0.3 is 14.5 Å². The van der Waals surface area contributed by atoms with Gasteiger partial charge in [-0.1, -0.05) is 17.3 Å². The van der Waals surface area contributed by atoms with Crippen LogP contribution in [-0.4, -0.2) is 58.7 Å². The van der Waals surface area contributed by atoms with Crippen molar-refractivity contribution in [1.29, 1.82) is 5.26 Å². The molecule has 1 fully saturated rings. The average Bonchev–Trinajstić information content (AvgIpc) is 3.08. The highest BCUT2D eigenvalue weighted by Crippen LogP contribution is 2.17. The zero-order chi connectivity index (χ0) is 17.8. The van der Waals surface area contributed by atoms with Crippen molar-refractivity contribution in [3.63, 3.8) is 0 Å². The molecule has 2 heterocycles.